The molecule has 0 aliphatic carbocycles. The molecule has 0 N–H and O–H groups in total. The number of benzene rings is 3. The summed E-state index contributed by atoms with van der Waals surface area (Å²) in [6, 6.07) is 27.4. The zero-order valence-electron chi connectivity index (χ0n) is 15.8. The molecule has 3 aromatic rings. The third-order valence-corrected chi connectivity index (χ3v) is 5.30. The van der Waals surface area contributed by atoms with E-state index in [-0.39, 0.29) is 0 Å². The molecule has 134 valence electrons. The van der Waals surface area contributed by atoms with E-state index in [1.165, 1.54) is 11.1 Å². The Morgan fingerprint density at radius 1 is 0.654 bits per heavy atom. The minimum atomic E-state index is -0.481. The molecule has 0 atom stereocenters. The minimum absolute atomic E-state index is 0.481. The molecule has 0 radical (unpaired) electrons. The molecule has 0 heterocycles. The number of halogens is 1. The lowest BCUT2D eigenvalue weighted by molar-refractivity contribution is 0.247. The lowest BCUT2D eigenvalue weighted by atomic mass is 9.76. The van der Waals surface area contributed by atoms with Crippen molar-refractivity contribution in [1.82, 2.24) is 4.90 Å². The van der Waals surface area contributed by atoms with Crippen LogP contribution in [0.2, 0.25) is 5.02 Å². The first-order valence-electron chi connectivity index (χ1n) is 8.74. The van der Waals surface area contributed by atoms with Crippen LogP contribution in [0.3, 0.4) is 0 Å². The van der Waals surface area contributed by atoms with Crippen LogP contribution in [-0.4, -0.2) is 33.1 Å². The van der Waals surface area contributed by atoms with Crippen LogP contribution in [0.1, 0.15) is 16.7 Å². The summed E-state index contributed by atoms with van der Waals surface area (Å²) in [6.45, 7) is 0. The first kappa shape index (κ1) is 18.5. The van der Waals surface area contributed by atoms with Crippen molar-refractivity contribution in [1.29, 1.82) is 0 Å². The lowest BCUT2D eigenvalue weighted by Gasteiger charge is -2.42. The van der Waals surface area contributed by atoms with Crippen molar-refractivity contribution in [3.63, 3.8) is 0 Å². The average Bonchev–Trinajstić information content (AvgIpc) is 2.65. The average molecular weight is 365 g/mol. The number of hydrogen-bond acceptors (Lipinski definition) is 2. The van der Waals surface area contributed by atoms with Gasteiger partial charge in [-0.2, -0.15) is 0 Å². The summed E-state index contributed by atoms with van der Waals surface area (Å²) in [5.41, 5.74) is 3.99. The SMILES string of the molecule is CN(C)c1cccc(C(c2ccccc2)(c2ccccc2)N(C)C)c1Cl. The Bertz CT molecular complexity index is 818. The van der Waals surface area contributed by atoms with Crippen LogP contribution in [0.5, 0.6) is 0 Å². The largest absolute Gasteiger partial charge is 0.376 e. The van der Waals surface area contributed by atoms with Crippen molar-refractivity contribution < 1.29 is 0 Å². The smallest absolute Gasteiger partial charge is 0.0983 e. The summed E-state index contributed by atoms with van der Waals surface area (Å²) in [7, 11) is 8.26. The van der Waals surface area contributed by atoms with Gasteiger partial charge in [-0.3, -0.25) is 4.90 Å². The van der Waals surface area contributed by atoms with E-state index in [1.807, 2.05) is 26.2 Å². The summed E-state index contributed by atoms with van der Waals surface area (Å²) >= 11 is 6.96. The zero-order chi connectivity index (χ0) is 18.7. The van der Waals surface area contributed by atoms with Crippen LogP contribution >= 0.6 is 11.6 Å². The van der Waals surface area contributed by atoms with Gasteiger partial charge in [0, 0.05) is 19.7 Å². The van der Waals surface area contributed by atoms with Crippen molar-refractivity contribution in [2.45, 2.75) is 5.54 Å². The number of anilines is 1. The van der Waals surface area contributed by atoms with Gasteiger partial charge in [-0.1, -0.05) is 84.4 Å². The van der Waals surface area contributed by atoms with E-state index in [0.717, 1.165) is 16.3 Å². The predicted octanol–water partition coefficient (Wildman–Crippen LogP) is 5.26. The molecule has 0 fully saturated rings. The van der Waals surface area contributed by atoms with E-state index in [0.29, 0.717) is 0 Å². The van der Waals surface area contributed by atoms with Crippen molar-refractivity contribution in [3.8, 4) is 0 Å². The van der Waals surface area contributed by atoms with E-state index in [2.05, 4.69) is 90.6 Å². The fourth-order valence-corrected chi connectivity index (χ4v) is 4.17. The fraction of sp³-hybridized carbons (Fsp3) is 0.217. The molecule has 0 saturated carbocycles. The number of hydrogen-bond donors (Lipinski definition) is 0. The minimum Gasteiger partial charge on any atom is -0.376 e. The normalized spacial score (nSPS) is 11.6. The highest BCUT2D eigenvalue weighted by molar-refractivity contribution is 6.34. The van der Waals surface area contributed by atoms with Gasteiger partial charge >= 0.3 is 0 Å². The van der Waals surface area contributed by atoms with Gasteiger partial charge in [-0.25, -0.2) is 0 Å². The standard InChI is InChI=1S/C23H25ClN2/c1-25(2)21-17-11-16-20(22(21)24)23(26(3)4,18-12-7-5-8-13-18)19-14-9-6-10-15-19/h5-17H,1-4H3. The molecule has 0 spiro atoms. The zero-order valence-corrected chi connectivity index (χ0v) is 16.5. The van der Waals surface area contributed by atoms with Crippen molar-refractivity contribution >= 4 is 17.3 Å². The van der Waals surface area contributed by atoms with Crippen LogP contribution in [0, 0.1) is 0 Å². The molecule has 0 saturated heterocycles. The Morgan fingerprint density at radius 2 is 1.15 bits per heavy atom. The first-order valence-corrected chi connectivity index (χ1v) is 9.12. The molecule has 3 heteroatoms. The van der Waals surface area contributed by atoms with E-state index in [1.54, 1.807) is 0 Å². The molecule has 0 unspecified atom stereocenters. The highest BCUT2D eigenvalue weighted by Gasteiger charge is 2.40. The molecule has 0 aromatic heterocycles. The van der Waals surface area contributed by atoms with Gasteiger partial charge in [0.05, 0.1) is 16.2 Å². The third-order valence-electron chi connectivity index (χ3n) is 4.90. The Labute approximate surface area is 161 Å². The maximum atomic E-state index is 6.96. The predicted molar refractivity (Wildman–Crippen MR) is 112 cm³/mol. The van der Waals surface area contributed by atoms with Crippen LogP contribution in [0.15, 0.2) is 78.9 Å². The van der Waals surface area contributed by atoms with Gasteiger partial charge in [0.1, 0.15) is 0 Å². The molecular weight excluding hydrogens is 340 g/mol. The summed E-state index contributed by atoms with van der Waals surface area (Å²) < 4.78 is 0. The lowest BCUT2D eigenvalue weighted by Crippen LogP contribution is -2.44. The van der Waals surface area contributed by atoms with Crippen molar-refractivity contribution in [2.75, 3.05) is 33.1 Å². The summed E-state index contributed by atoms with van der Waals surface area (Å²) in [5.74, 6) is 0. The van der Waals surface area contributed by atoms with Crippen LogP contribution in [0.25, 0.3) is 0 Å². The van der Waals surface area contributed by atoms with Crippen molar-refractivity contribution in [3.05, 3.63) is 101 Å². The monoisotopic (exact) mass is 364 g/mol. The summed E-state index contributed by atoms with van der Waals surface area (Å²) in [6.07, 6.45) is 0. The maximum Gasteiger partial charge on any atom is 0.0983 e. The molecule has 0 aliphatic heterocycles. The third kappa shape index (κ3) is 3.00. The Morgan fingerprint density at radius 3 is 1.58 bits per heavy atom. The molecule has 26 heavy (non-hydrogen) atoms. The fourth-order valence-electron chi connectivity index (χ4n) is 3.74. The maximum absolute atomic E-state index is 6.96. The quantitative estimate of drug-likeness (QED) is 0.570. The van der Waals surface area contributed by atoms with Gasteiger partial charge in [-0.05, 0) is 31.3 Å². The van der Waals surface area contributed by atoms with E-state index >= 15 is 0 Å². The molecule has 0 aliphatic rings. The first-order chi connectivity index (χ1) is 12.5. The Hall–Kier alpha value is -2.29. The molecule has 3 rings (SSSR count). The highest BCUT2D eigenvalue weighted by Crippen LogP contribution is 2.45. The topological polar surface area (TPSA) is 6.48 Å². The molecular formula is C23H25ClN2. The van der Waals surface area contributed by atoms with Gasteiger partial charge in [-0.15, -0.1) is 0 Å². The van der Waals surface area contributed by atoms with Gasteiger partial charge in [0.15, 0.2) is 0 Å². The number of nitrogens with zero attached hydrogens (tertiary/aromatic N) is 2. The van der Waals surface area contributed by atoms with Crippen LogP contribution in [-0.2, 0) is 5.54 Å². The summed E-state index contributed by atoms with van der Waals surface area (Å²) in [5, 5.41) is 0.777. The molecule has 3 aromatic carbocycles. The second-order valence-corrected chi connectivity index (χ2v) is 7.25. The molecule has 2 nitrogen and oxygen atoms in total. The van der Waals surface area contributed by atoms with E-state index < -0.39 is 5.54 Å². The van der Waals surface area contributed by atoms with Gasteiger partial charge < -0.3 is 4.90 Å². The van der Waals surface area contributed by atoms with E-state index in [9.17, 15) is 0 Å². The van der Waals surface area contributed by atoms with Gasteiger partial charge in [0.2, 0.25) is 0 Å². The second-order valence-electron chi connectivity index (χ2n) is 6.87. The molecule has 0 bridgehead atoms. The van der Waals surface area contributed by atoms with E-state index in [4.69, 9.17) is 11.6 Å². The Balaban J connectivity index is 2.41. The second kappa shape index (κ2) is 7.53. The highest BCUT2D eigenvalue weighted by atomic mass is 35.5. The van der Waals surface area contributed by atoms with Crippen LogP contribution < -0.4 is 4.90 Å². The Kier molecular flexibility index (Phi) is 5.36. The summed E-state index contributed by atoms with van der Waals surface area (Å²) in [4.78, 5) is 4.31. The van der Waals surface area contributed by atoms with Crippen molar-refractivity contribution in [2.24, 2.45) is 0 Å². The van der Waals surface area contributed by atoms with Crippen LogP contribution in [0.4, 0.5) is 5.69 Å². The molecule has 0 amide bonds. The van der Waals surface area contributed by atoms with Gasteiger partial charge in [0.25, 0.3) is 0 Å². The number of rotatable bonds is 5.